The number of carbonyl (C=O) groups is 3. The normalized spacial score (nSPS) is 9.81. The molecule has 0 aliphatic rings. The Morgan fingerprint density at radius 2 is 1.76 bits per heavy atom. The average molecular weight is 292 g/mol. The maximum atomic E-state index is 11.7. The van der Waals surface area contributed by atoms with Crippen LogP contribution in [0.15, 0.2) is 24.3 Å². The van der Waals surface area contributed by atoms with Gasteiger partial charge < -0.3 is 10.1 Å². The molecule has 21 heavy (non-hydrogen) atoms. The molecule has 0 bridgehead atoms. The molecule has 0 fully saturated rings. The number of benzene rings is 1. The highest BCUT2D eigenvalue weighted by Crippen LogP contribution is 2.06. The summed E-state index contributed by atoms with van der Waals surface area (Å²) in [5, 5.41) is 4.56. The number of urea groups is 1. The summed E-state index contributed by atoms with van der Waals surface area (Å²) in [6, 6.07) is 6.36. The predicted octanol–water partition coefficient (Wildman–Crippen LogP) is 1.64. The zero-order chi connectivity index (χ0) is 15.7. The highest BCUT2D eigenvalue weighted by molar-refractivity contribution is 5.96. The van der Waals surface area contributed by atoms with Crippen LogP contribution in [0.1, 0.15) is 36.2 Å². The lowest BCUT2D eigenvalue weighted by atomic mass is 10.1. The monoisotopic (exact) mass is 292 g/mol. The van der Waals surface area contributed by atoms with E-state index in [1.807, 2.05) is 26.0 Å². The fraction of sp³-hybridized carbons (Fsp3) is 0.400. The predicted molar refractivity (Wildman–Crippen MR) is 77.9 cm³/mol. The molecule has 3 amide bonds. The van der Waals surface area contributed by atoms with Crippen molar-refractivity contribution < 1.29 is 19.1 Å². The van der Waals surface area contributed by atoms with Gasteiger partial charge in [-0.3, -0.25) is 10.1 Å². The van der Waals surface area contributed by atoms with Gasteiger partial charge >= 0.3 is 12.0 Å². The molecule has 0 spiro atoms. The first-order valence-corrected chi connectivity index (χ1v) is 6.90. The van der Waals surface area contributed by atoms with Crippen LogP contribution >= 0.6 is 0 Å². The van der Waals surface area contributed by atoms with Crippen molar-refractivity contribution in [2.24, 2.45) is 0 Å². The van der Waals surface area contributed by atoms with E-state index in [0.717, 1.165) is 18.4 Å². The molecule has 6 heteroatoms. The van der Waals surface area contributed by atoms with Crippen molar-refractivity contribution in [3.05, 3.63) is 35.4 Å². The van der Waals surface area contributed by atoms with Crippen molar-refractivity contribution in [3.63, 3.8) is 0 Å². The van der Waals surface area contributed by atoms with Crippen LogP contribution in [0, 0.1) is 0 Å². The molecule has 0 aliphatic heterocycles. The average Bonchev–Trinajstić information content (AvgIpc) is 2.50. The van der Waals surface area contributed by atoms with Crippen LogP contribution in [-0.4, -0.2) is 31.1 Å². The van der Waals surface area contributed by atoms with E-state index in [9.17, 15) is 14.4 Å². The van der Waals surface area contributed by atoms with E-state index in [-0.39, 0.29) is 0 Å². The van der Waals surface area contributed by atoms with Gasteiger partial charge in [-0.2, -0.15) is 0 Å². The van der Waals surface area contributed by atoms with Crippen molar-refractivity contribution in [3.8, 4) is 0 Å². The van der Waals surface area contributed by atoms with Crippen LogP contribution in [0.4, 0.5) is 4.79 Å². The molecule has 0 radical (unpaired) electrons. The number of rotatable bonds is 6. The molecule has 0 aromatic heterocycles. The van der Waals surface area contributed by atoms with E-state index in [2.05, 4.69) is 10.6 Å². The van der Waals surface area contributed by atoms with E-state index in [1.165, 1.54) is 0 Å². The number of amides is 3. The fourth-order valence-electron chi connectivity index (χ4n) is 1.54. The molecule has 2 N–H and O–H groups in total. The molecule has 0 heterocycles. The molecule has 1 aromatic rings. The van der Waals surface area contributed by atoms with Crippen LogP contribution in [0.25, 0.3) is 0 Å². The Morgan fingerprint density at radius 3 is 2.33 bits per heavy atom. The fourth-order valence-corrected chi connectivity index (χ4v) is 1.54. The van der Waals surface area contributed by atoms with Crippen LogP contribution < -0.4 is 10.6 Å². The molecule has 1 rings (SSSR count). The minimum Gasteiger partial charge on any atom is -0.452 e. The van der Waals surface area contributed by atoms with Crippen LogP contribution in [0.2, 0.25) is 0 Å². The van der Waals surface area contributed by atoms with E-state index in [1.54, 1.807) is 12.1 Å². The number of aryl methyl sites for hydroxylation is 1. The molecular formula is C15H20N2O4. The number of hydrogen-bond donors (Lipinski definition) is 2. The number of nitrogens with one attached hydrogen (secondary N) is 2. The second kappa shape index (κ2) is 8.73. The summed E-state index contributed by atoms with van der Waals surface area (Å²) in [5.74, 6) is -1.26. The van der Waals surface area contributed by atoms with Gasteiger partial charge in [-0.25, -0.2) is 9.59 Å². The number of ether oxygens (including phenoxy) is 1. The molecule has 6 nitrogen and oxygen atoms in total. The van der Waals surface area contributed by atoms with Gasteiger partial charge in [0.05, 0.1) is 5.56 Å². The number of esters is 1. The van der Waals surface area contributed by atoms with Crippen LogP contribution in [-0.2, 0) is 16.0 Å². The van der Waals surface area contributed by atoms with E-state index in [0.29, 0.717) is 12.1 Å². The first kappa shape index (κ1) is 16.7. The van der Waals surface area contributed by atoms with E-state index >= 15 is 0 Å². The first-order chi connectivity index (χ1) is 10.1. The van der Waals surface area contributed by atoms with Crippen LogP contribution in [0.3, 0.4) is 0 Å². The Labute approximate surface area is 123 Å². The van der Waals surface area contributed by atoms with Gasteiger partial charge in [0.1, 0.15) is 0 Å². The van der Waals surface area contributed by atoms with E-state index in [4.69, 9.17) is 4.74 Å². The standard InChI is InChI=1S/C15H20N2O4/c1-3-9-16-15(20)17-13(18)10-21-14(19)12-7-5-11(4-2)6-8-12/h5-8H,3-4,9-10H2,1-2H3,(H2,16,17,18,20). The summed E-state index contributed by atoms with van der Waals surface area (Å²) in [7, 11) is 0. The number of imide groups is 1. The van der Waals surface area contributed by atoms with Gasteiger partial charge in [-0.05, 0) is 30.5 Å². The lowest BCUT2D eigenvalue weighted by Gasteiger charge is -2.07. The third kappa shape index (κ3) is 6.07. The zero-order valence-electron chi connectivity index (χ0n) is 12.3. The SMILES string of the molecule is CCCNC(=O)NC(=O)COC(=O)c1ccc(CC)cc1. The lowest BCUT2D eigenvalue weighted by molar-refractivity contribution is -0.123. The third-order valence-electron chi connectivity index (χ3n) is 2.72. The van der Waals surface area contributed by atoms with Gasteiger partial charge in [0.25, 0.3) is 5.91 Å². The molecule has 0 saturated heterocycles. The zero-order valence-corrected chi connectivity index (χ0v) is 12.3. The largest absolute Gasteiger partial charge is 0.452 e. The Kier molecular flexibility index (Phi) is 6.94. The quantitative estimate of drug-likeness (QED) is 0.781. The highest BCUT2D eigenvalue weighted by Gasteiger charge is 2.12. The lowest BCUT2D eigenvalue weighted by Crippen LogP contribution is -2.41. The second-order valence-electron chi connectivity index (χ2n) is 4.43. The molecule has 1 aromatic carbocycles. The minimum absolute atomic E-state index is 0.371. The molecule has 114 valence electrons. The molecule has 0 atom stereocenters. The van der Waals surface area contributed by atoms with Gasteiger partial charge in [0.2, 0.25) is 0 Å². The minimum atomic E-state index is -0.665. The van der Waals surface area contributed by atoms with Crippen molar-refractivity contribution in [2.75, 3.05) is 13.2 Å². The van der Waals surface area contributed by atoms with Crippen molar-refractivity contribution in [2.45, 2.75) is 26.7 Å². The highest BCUT2D eigenvalue weighted by atomic mass is 16.5. The second-order valence-corrected chi connectivity index (χ2v) is 4.43. The smallest absolute Gasteiger partial charge is 0.338 e. The van der Waals surface area contributed by atoms with Crippen molar-refractivity contribution >= 4 is 17.9 Å². The summed E-state index contributed by atoms with van der Waals surface area (Å²) in [5.41, 5.74) is 1.48. The Hall–Kier alpha value is -2.37. The summed E-state index contributed by atoms with van der Waals surface area (Å²) < 4.78 is 4.84. The van der Waals surface area contributed by atoms with Crippen molar-refractivity contribution in [1.29, 1.82) is 0 Å². The van der Waals surface area contributed by atoms with Crippen molar-refractivity contribution in [1.82, 2.24) is 10.6 Å². The summed E-state index contributed by atoms with van der Waals surface area (Å²) in [6.45, 7) is 3.89. The maximum Gasteiger partial charge on any atom is 0.338 e. The molecule has 0 saturated carbocycles. The third-order valence-corrected chi connectivity index (χ3v) is 2.72. The topological polar surface area (TPSA) is 84.5 Å². The Balaban J connectivity index is 2.37. The molecule has 0 unspecified atom stereocenters. The first-order valence-electron chi connectivity index (χ1n) is 6.90. The number of carbonyl (C=O) groups excluding carboxylic acids is 3. The number of hydrogen-bond acceptors (Lipinski definition) is 4. The van der Waals surface area contributed by atoms with Gasteiger partial charge in [0, 0.05) is 6.54 Å². The summed E-state index contributed by atoms with van der Waals surface area (Å²) in [4.78, 5) is 34.3. The van der Waals surface area contributed by atoms with Crippen LogP contribution in [0.5, 0.6) is 0 Å². The summed E-state index contributed by atoms with van der Waals surface area (Å²) >= 11 is 0. The summed E-state index contributed by atoms with van der Waals surface area (Å²) in [6.07, 6.45) is 1.65. The van der Waals surface area contributed by atoms with Gasteiger partial charge in [-0.15, -0.1) is 0 Å². The van der Waals surface area contributed by atoms with Gasteiger partial charge in [0.15, 0.2) is 6.61 Å². The Bertz CT molecular complexity index is 497. The maximum absolute atomic E-state index is 11.7. The molecular weight excluding hydrogens is 272 g/mol. The molecule has 0 aliphatic carbocycles. The van der Waals surface area contributed by atoms with Gasteiger partial charge in [-0.1, -0.05) is 26.0 Å². The Morgan fingerprint density at radius 1 is 1.10 bits per heavy atom. The van der Waals surface area contributed by atoms with E-state index < -0.39 is 24.5 Å².